The fraction of sp³-hybridized carbons (Fsp3) is 0.423. The number of hydrogen-bond donors (Lipinski definition) is 2. The molecule has 0 amide bonds. The molecule has 200 valence electrons. The third-order valence-corrected chi connectivity index (χ3v) is 7.84. The second kappa shape index (κ2) is 11.2. The lowest BCUT2D eigenvalue weighted by Crippen LogP contribution is -2.28. The summed E-state index contributed by atoms with van der Waals surface area (Å²) in [7, 11) is 0. The summed E-state index contributed by atoms with van der Waals surface area (Å²) in [5.41, 5.74) is 10.8. The first kappa shape index (κ1) is 23.7. The molecule has 5 rings (SSSR count). The van der Waals surface area contributed by atoms with Crippen LogP contribution in [-0.2, 0) is 16.1 Å². The molecule has 10 nitrogen and oxygen atoms in total. The van der Waals surface area contributed by atoms with Crippen molar-refractivity contribution in [3.63, 3.8) is 0 Å². The standard InChI is InChI=1S/C26H29BrFN7O3/c1-2-38-10-9-34-14-18(12-31-34)20-8-7-17(11-30-20)19-13-32-35-24(29)21(27)23(33-25(19)35)16-5-3-15(4-6-16)22(28)26(36)37/h7-8,11-16,22H,2-6,9-10,29H2,1H3,(H,36,37)/i2D2. The number of nitrogens with zero attached hydrogens (tertiary/aromatic N) is 6. The van der Waals surface area contributed by atoms with Gasteiger partial charge in [0.1, 0.15) is 5.82 Å². The van der Waals surface area contributed by atoms with Gasteiger partial charge in [-0.05, 0) is 54.6 Å². The second-order valence-corrected chi connectivity index (χ2v) is 10.1. The number of alkyl halides is 1. The average molecular weight is 588 g/mol. The van der Waals surface area contributed by atoms with E-state index < -0.39 is 24.6 Å². The van der Waals surface area contributed by atoms with Crippen LogP contribution < -0.4 is 5.73 Å². The minimum atomic E-state index is -1.85. The molecule has 4 heterocycles. The summed E-state index contributed by atoms with van der Waals surface area (Å²) in [4.78, 5) is 20.6. The molecule has 1 atom stereocenters. The summed E-state index contributed by atoms with van der Waals surface area (Å²) < 4.78 is 37.9. The number of aromatic nitrogens is 6. The zero-order valence-corrected chi connectivity index (χ0v) is 22.3. The Morgan fingerprint density at radius 1 is 1.26 bits per heavy atom. The largest absolute Gasteiger partial charge is 0.479 e. The third-order valence-electron chi connectivity index (χ3n) is 7.03. The van der Waals surface area contributed by atoms with Crippen LogP contribution in [0.3, 0.4) is 0 Å². The van der Waals surface area contributed by atoms with Crippen LogP contribution in [0, 0.1) is 5.92 Å². The minimum Gasteiger partial charge on any atom is -0.479 e. The van der Waals surface area contributed by atoms with E-state index in [9.17, 15) is 9.18 Å². The molecule has 4 aromatic rings. The van der Waals surface area contributed by atoms with Crippen molar-refractivity contribution in [3.05, 3.63) is 47.1 Å². The predicted molar refractivity (Wildman–Crippen MR) is 143 cm³/mol. The third kappa shape index (κ3) is 5.14. The summed E-state index contributed by atoms with van der Waals surface area (Å²) in [5.74, 6) is -1.48. The lowest BCUT2D eigenvalue weighted by molar-refractivity contribution is -0.145. The van der Waals surface area contributed by atoms with Crippen LogP contribution in [0.4, 0.5) is 10.2 Å². The maximum atomic E-state index is 14.0. The number of anilines is 1. The van der Waals surface area contributed by atoms with Gasteiger partial charge in [-0.15, -0.1) is 0 Å². The van der Waals surface area contributed by atoms with Gasteiger partial charge in [-0.2, -0.15) is 14.7 Å². The van der Waals surface area contributed by atoms with Gasteiger partial charge in [0.2, 0.25) is 0 Å². The molecule has 0 bridgehead atoms. The van der Waals surface area contributed by atoms with Crippen LogP contribution in [-0.4, -0.2) is 59.8 Å². The quantitative estimate of drug-likeness (QED) is 0.287. The van der Waals surface area contributed by atoms with Crippen molar-refractivity contribution in [2.24, 2.45) is 5.92 Å². The second-order valence-electron chi connectivity index (χ2n) is 9.32. The number of carbonyl (C=O) groups is 1. The van der Waals surface area contributed by atoms with Gasteiger partial charge in [0, 0.05) is 47.5 Å². The SMILES string of the molecule is [2H]C([2H])(C)OCCn1cc(-c2ccc(-c3cnn4c(N)c(Br)c(C5CCC(C(F)C(=O)O)CC5)nc34)cn2)cn1. The van der Waals surface area contributed by atoms with Crippen LogP contribution in [0.25, 0.3) is 28.0 Å². The topological polar surface area (TPSA) is 133 Å². The van der Waals surface area contributed by atoms with E-state index in [0.29, 0.717) is 48.2 Å². The molecule has 38 heavy (non-hydrogen) atoms. The molecule has 0 spiro atoms. The number of hydrogen-bond acceptors (Lipinski definition) is 7. The highest BCUT2D eigenvalue weighted by molar-refractivity contribution is 9.10. The van der Waals surface area contributed by atoms with Gasteiger partial charge in [0.15, 0.2) is 11.8 Å². The highest BCUT2D eigenvalue weighted by Crippen LogP contribution is 2.41. The van der Waals surface area contributed by atoms with Gasteiger partial charge < -0.3 is 15.6 Å². The van der Waals surface area contributed by atoms with Crippen LogP contribution in [0.5, 0.6) is 0 Å². The van der Waals surface area contributed by atoms with E-state index in [1.807, 2.05) is 18.3 Å². The smallest absolute Gasteiger partial charge is 0.338 e. The Morgan fingerprint density at radius 3 is 2.74 bits per heavy atom. The number of halogens is 2. The Bertz CT molecular complexity index is 1520. The molecule has 3 N–H and O–H groups in total. The number of pyridine rings is 1. The maximum absolute atomic E-state index is 14.0. The van der Waals surface area contributed by atoms with E-state index in [2.05, 4.69) is 31.1 Å². The summed E-state index contributed by atoms with van der Waals surface area (Å²) >= 11 is 3.57. The lowest BCUT2D eigenvalue weighted by Gasteiger charge is -2.29. The van der Waals surface area contributed by atoms with Gasteiger partial charge >= 0.3 is 5.97 Å². The van der Waals surface area contributed by atoms with E-state index in [0.717, 1.165) is 28.1 Å². The molecule has 1 saturated carbocycles. The Kier molecular flexibility index (Phi) is 6.96. The number of carboxylic acids is 1. The molecule has 0 saturated heterocycles. The summed E-state index contributed by atoms with van der Waals surface area (Å²) in [6, 6.07) is 3.80. The Morgan fingerprint density at radius 2 is 2.05 bits per heavy atom. The van der Waals surface area contributed by atoms with Crippen molar-refractivity contribution in [2.45, 2.75) is 51.2 Å². The van der Waals surface area contributed by atoms with Crippen molar-refractivity contribution in [2.75, 3.05) is 18.9 Å². The maximum Gasteiger partial charge on any atom is 0.338 e. The molecule has 0 aromatic carbocycles. The summed E-state index contributed by atoms with van der Waals surface area (Å²) in [6.07, 6.45) is 7.26. The summed E-state index contributed by atoms with van der Waals surface area (Å²) in [6.45, 7) is 0.272. The average Bonchev–Trinajstić information content (AvgIpc) is 3.57. The Balaban J connectivity index is 1.35. The molecule has 1 aliphatic rings. The van der Waals surface area contributed by atoms with Crippen molar-refractivity contribution in [1.82, 2.24) is 29.4 Å². The Hall–Kier alpha value is -3.38. The van der Waals surface area contributed by atoms with Gasteiger partial charge in [-0.25, -0.2) is 14.2 Å². The number of nitrogen functional groups attached to an aromatic ring is 1. The number of nitrogens with two attached hydrogens (primary N) is 1. The van der Waals surface area contributed by atoms with Gasteiger partial charge in [0.25, 0.3) is 0 Å². The molecule has 1 aliphatic carbocycles. The first-order valence-electron chi connectivity index (χ1n) is 13.3. The number of ether oxygens (including phenoxy) is 1. The molecular weight excluding hydrogens is 557 g/mol. The minimum absolute atomic E-state index is 0.0140. The van der Waals surface area contributed by atoms with Crippen LogP contribution in [0.15, 0.2) is 41.4 Å². The molecule has 0 radical (unpaired) electrons. The monoisotopic (exact) mass is 587 g/mol. The fourth-order valence-electron chi connectivity index (χ4n) is 4.96. The molecular formula is C26H29BrFN7O3. The Labute approximate surface area is 230 Å². The highest BCUT2D eigenvalue weighted by Gasteiger charge is 2.34. The number of aliphatic carboxylic acids is 1. The van der Waals surface area contributed by atoms with Crippen molar-refractivity contribution in [3.8, 4) is 22.4 Å². The van der Waals surface area contributed by atoms with Crippen LogP contribution >= 0.6 is 15.9 Å². The predicted octanol–water partition coefficient (Wildman–Crippen LogP) is 4.73. The summed E-state index contributed by atoms with van der Waals surface area (Å²) in [5, 5.41) is 17.8. The molecule has 1 fully saturated rings. The molecule has 12 heteroatoms. The van der Waals surface area contributed by atoms with E-state index in [-0.39, 0.29) is 12.5 Å². The highest BCUT2D eigenvalue weighted by atomic mass is 79.9. The van der Waals surface area contributed by atoms with Crippen LogP contribution in [0.1, 0.15) is 47.0 Å². The fourth-order valence-corrected chi connectivity index (χ4v) is 5.54. The molecule has 0 aliphatic heterocycles. The molecule has 4 aromatic heterocycles. The van der Waals surface area contributed by atoms with E-state index in [1.165, 1.54) is 6.92 Å². The zero-order chi connectivity index (χ0) is 28.6. The van der Waals surface area contributed by atoms with Gasteiger partial charge in [0.05, 0.1) is 44.1 Å². The number of carboxylic acid groups (broad SMARTS) is 1. The van der Waals surface area contributed by atoms with Crippen molar-refractivity contribution >= 4 is 33.4 Å². The van der Waals surface area contributed by atoms with E-state index in [1.54, 1.807) is 27.8 Å². The van der Waals surface area contributed by atoms with E-state index in [4.69, 9.17) is 23.3 Å². The number of rotatable bonds is 9. The first-order valence-corrected chi connectivity index (χ1v) is 13.1. The first-order chi connectivity index (χ1) is 19.0. The van der Waals surface area contributed by atoms with Crippen molar-refractivity contribution in [1.29, 1.82) is 0 Å². The number of fused-ring (bicyclic) bond motifs is 1. The van der Waals surface area contributed by atoms with Crippen LogP contribution in [0.2, 0.25) is 0 Å². The van der Waals surface area contributed by atoms with Gasteiger partial charge in [-0.1, -0.05) is 6.07 Å². The molecule has 1 unspecified atom stereocenters. The normalized spacial score (nSPS) is 19.8. The van der Waals surface area contributed by atoms with Crippen molar-refractivity contribution < 1.29 is 21.8 Å². The van der Waals surface area contributed by atoms with Gasteiger partial charge in [-0.3, -0.25) is 9.67 Å². The lowest BCUT2D eigenvalue weighted by atomic mass is 9.78. The zero-order valence-electron chi connectivity index (χ0n) is 22.7. The van der Waals surface area contributed by atoms with E-state index >= 15 is 0 Å².